The number of halogens is 1. The van der Waals surface area contributed by atoms with E-state index in [4.69, 9.17) is 21.3 Å². The molecule has 1 aliphatic heterocycles. The zero-order valence-electron chi connectivity index (χ0n) is 15.6. The minimum absolute atomic E-state index is 0.760. The summed E-state index contributed by atoms with van der Waals surface area (Å²) in [6, 6.07) is 14.2. The lowest BCUT2D eigenvalue weighted by atomic mass is 10.1. The van der Waals surface area contributed by atoms with E-state index in [-0.39, 0.29) is 0 Å². The van der Waals surface area contributed by atoms with E-state index in [0.717, 1.165) is 64.4 Å². The minimum Gasteiger partial charge on any atom is -0.497 e. The number of imidazole rings is 1. The Morgan fingerprint density at radius 2 is 1.93 bits per heavy atom. The van der Waals surface area contributed by atoms with Gasteiger partial charge in [0.25, 0.3) is 0 Å². The number of nitrogens with zero attached hydrogens (tertiary/aromatic N) is 3. The fraction of sp³-hybridized carbons (Fsp3) is 0.286. The molecule has 0 aliphatic carbocycles. The third-order valence-electron chi connectivity index (χ3n) is 5.25. The molecular weight excluding hydrogens is 392 g/mol. The summed E-state index contributed by atoms with van der Waals surface area (Å²) in [7, 11) is 1.69. The molecule has 1 fully saturated rings. The molecule has 0 unspecified atom stereocenters. The SMILES string of the molecule is COc1ccc(-c2nc3sc4cc(Cl)ccc4n3c2CN2CCNCC2)cc1. The third-order valence-corrected chi connectivity index (χ3v) is 6.49. The highest BCUT2D eigenvalue weighted by atomic mass is 35.5. The zero-order chi connectivity index (χ0) is 19.1. The fourth-order valence-electron chi connectivity index (χ4n) is 3.81. The molecule has 4 aromatic rings. The number of benzene rings is 2. The lowest BCUT2D eigenvalue weighted by molar-refractivity contribution is 0.231. The quantitative estimate of drug-likeness (QED) is 0.543. The first-order valence-corrected chi connectivity index (χ1v) is 10.6. The number of thiazole rings is 1. The van der Waals surface area contributed by atoms with Crippen molar-refractivity contribution in [3.8, 4) is 17.0 Å². The molecule has 28 heavy (non-hydrogen) atoms. The van der Waals surface area contributed by atoms with Crippen molar-refractivity contribution >= 4 is 38.1 Å². The molecule has 2 aromatic heterocycles. The third kappa shape index (κ3) is 3.16. The van der Waals surface area contributed by atoms with Crippen LogP contribution >= 0.6 is 22.9 Å². The first kappa shape index (κ1) is 17.9. The molecule has 1 N–H and O–H groups in total. The van der Waals surface area contributed by atoms with Crippen molar-refractivity contribution in [1.82, 2.24) is 19.6 Å². The Bertz CT molecular complexity index is 1130. The van der Waals surface area contributed by atoms with Crippen molar-refractivity contribution in [3.05, 3.63) is 53.2 Å². The number of fused-ring (bicyclic) bond motifs is 3. The monoisotopic (exact) mass is 412 g/mol. The van der Waals surface area contributed by atoms with E-state index >= 15 is 0 Å². The molecule has 0 amide bonds. The van der Waals surface area contributed by atoms with Crippen molar-refractivity contribution in [2.45, 2.75) is 6.54 Å². The van der Waals surface area contributed by atoms with E-state index in [9.17, 15) is 0 Å². The molecule has 0 saturated carbocycles. The number of piperazine rings is 1. The summed E-state index contributed by atoms with van der Waals surface area (Å²) in [6.45, 7) is 5.02. The Morgan fingerprint density at radius 1 is 1.14 bits per heavy atom. The summed E-state index contributed by atoms with van der Waals surface area (Å²) in [5, 5.41) is 4.19. The van der Waals surface area contributed by atoms with E-state index in [1.807, 2.05) is 24.3 Å². The smallest absolute Gasteiger partial charge is 0.195 e. The van der Waals surface area contributed by atoms with Crippen LogP contribution in [-0.2, 0) is 6.54 Å². The summed E-state index contributed by atoms with van der Waals surface area (Å²) < 4.78 is 8.79. The topological polar surface area (TPSA) is 41.8 Å². The van der Waals surface area contributed by atoms with E-state index in [2.05, 4.69) is 32.8 Å². The molecule has 2 aromatic carbocycles. The van der Waals surface area contributed by atoms with Crippen LogP contribution in [0.3, 0.4) is 0 Å². The molecule has 5 nitrogen and oxygen atoms in total. The van der Waals surface area contributed by atoms with Gasteiger partial charge in [0, 0.05) is 43.3 Å². The maximum atomic E-state index is 6.21. The van der Waals surface area contributed by atoms with E-state index in [1.54, 1.807) is 18.4 Å². The molecule has 144 valence electrons. The Hall–Kier alpha value is -2.12. The Kier molecular flexibility index (Phi) is 4.72. The molecule has 3 heterocycles. The Labute approximate surface area is 172 Å². The van der Waals surface area contributed by atoms with Crippen molar-refractivity contribution in [1.29, 1.82) is 0 Å². The number of hydrogen-bond donors (Lipinski definition) is 1. The summed E-state index contributed by atoms with van der Waals surface area (Å²) in [5.74, 6) is 0.855. The van der Waals surface area contributed by atoms with Gasteiger partial charge in [-0.05, 0) is 42.5 Å². The van der Waals surface area contributed by atoms with Crippen LogP contribution in [0.1, 0.15) is 5.69 Å². The molecule has 7 heteroatoms. The van der Waals surface area contributed by atoms with Gasteiger partial charge in [-0.1, -0.05) is 22.9 Å². The molecule has 0 radical (unpaired) electrons. The lowest BCUT2D eigenvalue weighted by Crippen LogP contribution is -2.43. The highest BCUT2D eigenvalue weighted by Crippen LogP contribution is 2.35. The van der Waals surface area contributed by atoms with Gasteiger partial charge in [0.15, 0.2) is 4.96 Å². The van der Waals surface area contributed by atoms with Crippen molar-refractivity contribution in [3.63, 3.8) is 0 Å². The van der Waals surface area contributed by atoms with Gasteiger partial charge in [0.2, 0.25) is 0 Å². The predicted molar refractivity (Wildman–Crippen MR) is 116 cm³/mol. The second-order valence-electron chi connectivity index (χ2n) is 6.99. The van der Waals surface area contributed by atoms with Crippen molar-refractivity contribution in [2.75, 3.05) is 33.3 Å². The summed E-state index contributed by atoms with van der Waals surface area (Å²) in [4.78, 5) is 8.53. The molecule has 0 spiro atoms. The van der Waals surface area contributed by atoms with Crippen LogP contribution in [-0.4, -0.2) is 47.6 Å². The standard InChI is InChI=1S/C21H21ClN4OS/c1-27-16-5-2-14(3-6-16)20-18(13-25-10-8-23-9-11-25)26-17-7-4-15(22)12-19(17)28-21(26)24-20/h2-7,12,23H,8-11,13H2,1H3. The Balaban J connectivity index is 1.68. The average Bonchev–Trinajstić information content (AvgIpc) is 3.25. The zero-order valence-corrected chi connectivity index (χ0v) is 17.2. The van der Waals surface area contributed by atoms with Gasteiger partial charge < -0.3 is 10.1 Å². The van der Waals surface area contributed by atoms with Crippen LogP contribution in [0.25, 0.3) is 26.4 Å². The Morgan fingerprint density at radius 3 is 2.68 bits per heavy atom. The molecule has 0 atom stereocenters. The van der Waals surface area contributed by atoms with Gasteiger partial charge in [0.1, 0.15) is 5.75 Å². The number of nitrogens with one attached hydrogen (secondary N) is 1. The van der Waals surface area contributed by atoms with Gasteiger partial charge >= 0.3 is 0 Å². The van der Waals surface area contributed by atoms with Gasteiger partial charge in [-0.2, -0.15) is 0 Å². The minimum atomic E-state index is 0.760. The largest absolute Gasteiger partial charge is 0.497 e. The molecule has 1 saturated heterocycles. The number of hydrogen-bond acceptors (Lipinski definition) is 5. The van der Waals surface area contributed by atoms with Crippen LogP contribution in [0.5, 0.6) is 5.75 Å². The maximum Gasteiger partial charge on any atom is 0.195 e. The van der Waals surface area contributed by atoms with Gasteiger partial charge in [-0.3, -0.25) is 9.30 Å². The van der Waals surface area contributed by atoms with Crippen LogP contribution in [0.15, 0.2) is 42.5 Å². The van der Waals surface area contributed by atoms with Gasteiger partial charge in [-0.15, -0.1) is 0 Å². The maximum absolute atomic E-state index is 6.21. The number of aromatic nitrogens is 2. The van der Waals surface area contributed by atoms with E-state index < -0.39 is 0 Å². The first-order chi connectivity index (χ1) is 13.7. The predicted octanol–water partition coefficient (Wildman–Crippen LogP) is 4.28. The summed E-state index contributed by atoms with van der Waals surface area (Å²) in [5.41, 5.74) is 4.56. The average molecular weight is 413 g/mol. The van der Waals surface area contributed by atoms with Gasteiger partial charge in [0.05, 0.1) is 28.7 Å². The van der Waals surface area contributed by atoms with Crippen LogP contribution < -0.4 is 10.1 Å². The summed E-state index contributed by atoms with van der Waals surface area (Å²) in [6.07, 6.45) is 0. The highest BCUT2D eigenvalue weighted by molar-refractivity contribution is 7.23. The van der Waals surface area contributed by atoms with E-state index in [1.165, 1.54) is 11.2 Å². The van der Waals surface area contributed by atoms with Crippen LogP contribution in [0, 0.1) is 0 Å². The normalized spacial score (nSPS) is 15.5. The highest BCUT2D eigenvalue weighted by Gasteiger charge is 2.21. The van der Waals surface area contributed by atoms with E-state index in [0.29, 0.717) is 0 Å². The molecule has 1 aliphatic rings. The number of rotatable bonds is 4. The molecule has 5 rings (SSSR count). The lowest BCUT2D eigenvalue weighted by Gasteiger charge is -2.27. The first-order valence-electron chi connectivity index (χ1n) is 9.40. The summed E-state index contributed by atoms with van der Waals surface area (Å²) >= 11 is 7.90. The second kappa shape index (κ2) is 7.37. The number of ether oxygens (including phenoxy) is 1. The van der Waals surface area contributed by atoms with Crippen LogP contribution in [0.2, 0.25) is 5.02 Å². The molecular formula is C21H21ClN4OS. The van der Waals surface area contributed by atoms with Crippen molar-refractivity contribution in [2.24, 2.45) is 0 Å². The fourth-order valence-corrected chi connectivity index (χ4v) is 5.13. The van der Waals surface area contributed by atoms with Gasteiger partial charge in [-0.25, -0.2) is 4.98 Å². The molecule has 0 bridgehead atoms. The van der Waals surface area contributed by atoms with Crippen molar-refractivity contribution < 1.29 is 4.74 Å². The number of methoxy groups -OCH3 is 1. The second-order valence-corrected chi connectivity index (χ2v) is 8.44. The van der Waals surface area contributed by atoms with Crippen LogP contribution in [0.4, 0.5) is 0 Å².